The fourth-order valence-corrected chi connectivity index (χ4v) is 7.18. The number of aromatic nitrogens is 5. The van der Waals surface area contributed by atoms with Crippen LogP contribution in [0.3, 0.4) is 0 Å². The topological polar surface area (TPSA) is 56.5 Å². The maximum absolute atomic E-state index is 5.06. The van der Waals surface area contributed by atoms with E-state index < -0.39 is 0 Å². The van der Waals surface area contributed by atoms with Crippen molar-refractivity contribution in [3.8, 4) is 39.9 Å². The molecule has 0 spiro atoms. The zero-order chi connectivity index (χ0) is 32.3. The predicted octanol–water partition coefficient (Wildman–Crippen LogP) is 10.8. The van der Waals surface area contributed by atoms with Gasteiger partial charge in [-0.1, -0.05) is 127 Å². The maximum atomic E-state index is 5.06. The van der Waals surface area contributed by atoms with Crippen LogP contribution in [-0.2, 0) is 0 Å². The molecule has 0 atom stereocenters. The summed E-state index contributed by atoms with van der Waals surface area (Å²) in [6.07, 6.45) is 3.77. The SMILES string of the molecule is c1ccc(-c2nc(-c3cncc(-n4c5ccc6ccccc6c5c5c6ccccc6ccc54)c3)nc(-c3ccc4ccccc4c3)n2)cc1. The van der Waals surface area contributed by atoms with Gasteiger partial charge in [-0.05, 0) is 56.6 Å². The lowest BCUT2D eigenvalue weighted by Crippen LogP contribution is -2.01. The van der Waals surface area contributed by atoms with Crippen LogP contribution in [0.15, 0.2) is 164 Å². The van der Waals surface area contributed by atoms with E-state index in [1.807, 2.05) is 42.7 Å². The summed E-state index contributed by atoms with van der Waals surface area (Å²) in [5, 5.41) is 9.68. The van der Waals surface area contributed by atoms with Gasteiger partial charge in [0, 0.05) is 33.7 Å². The minimum absolute atomic E-state index is 0.572. The van der Waals surface area contributed by atoms with Gasteiger partial charge in [0.25, 0.3) is 0 Å². The predicted molar refractivity (Wildman–Crippen MR) is 201 cm³/mol. The third-order valence-corrected chi connectivity index (χ3v) is 9.46. The number of hydrogen-bond donors (Lipinski definition) is 0. The van der Waals surface area contributed by atoms with Crippen LogP contribution in [0.5, 0.6) is 0 Å². The van der Waals surface area contributed by atoms with Gasteiger partial charge in [0.05, 0.1) is 22.9 Å². The summed E-state index contributed by atoms with van der Waals surface area (Å²) < 4.78 is 2.32. The van der Waals surface area contributed by atoms with E-state index in [4.69, 9.17) is 19.9 Å². The Labute approximate surface area is 281 Å². The molecule has 0 N–H and O–H groups in total. The van der Waals surface area contributed by atoms with Gasteiger partial charge in [-0.15, -0.1) is 0 Å². The number of fused-ring (bicyclic) bond motifs is 8. The number of pyridine rings is 1. The molecule has 0 aliphatic rings. The lowest BCUT2D eigenvalue weighted by Gasteiger charge is -2.11. The van der Waals surface area contributed by atoms with E-state index in [0.717, 1.165) is 38.8 Å². The largest absolute Gasteiger partial charge is 0.308 e. The second kappa shape index (κ2) is 10.9. The smallest absolute Gasteiger partial charge is 0.165 e. The zero-order valence-electron chi connectivity index (χ0n) is 26.3. The Morgan fingerprint density at radius 1 is 0.367 bits per heavy atom. The lowest BCUT2D eigenvalue weighted by atomic mass is 10.00. The summed E-state index contributed by atoms with van der Waals surface area (Å²) in [6, 6.07) is 53.0. The van der Waals surface area contributed by atoms with E-state index in [9.17, 15) is 0 Å². The summed E-state index contributed by atoms with van der Waals surface area (Å²) in [5.41, 5.74) is 5.87. The van der Waals surface area contributed by atoms with Gasteiger partial charge in [0.2, 0.25) is 0 Å². The highest BCUT2D eigenvalue weighted by Gasteiger charge is 2.19. The Balaban J connectivity index is 1.21. The van der Waals surface area contributed by atoms with Crippen molar-refractivity contribution in [3.05, 3.63) is 164 Å². The van der Waals surface area contributed by atoms with Crippen molar-refractivity contribution in [2.45, 2.75) is 0 Å². The molecule has 3 heterocycles. The maximum Gasteiger partial charge on any atom is 0.165 e. The van der Waals surface area contributed by atoms with Crippen LogP contribution in [0.25, 0.3) is 94.0 Å². The average molecular weight is 626 g/mol. The average Bonchev–Trinajstić information content (AvgIpc) is 3.53. The molecule has 10 rings (SSSR count). The fourth-order valence-electron chi connectivity index (χ4n) is 7.18. The molecular weight excluding hydrogens is 599 g/mol. The highest BCUT2D eigenvalue weighted by molar-refractivity contribution is 6.28. The van der Waals surface area contributed by atoms with Crippen LogP contribution < -0.4 is 0 Å². The van der Waals surface area contributed by atoms with E-state index in [1.54, 1.807) is 0 Å². The van der Waals surface area contributed by atoms with Crippen molar-refractivity contribution in [2.24, 2.45) is 0 Å². The number of benzene rings is 7. The van der Waals surface area contributed by atoms with Crippen molar-refractivity contribution in [1.29, 1.82) is 0 Å². The lowest BCUT2D eigenvalue weighted by molar-refractivity contribution is 1.06. The number of nitrogens with zero attached hydrogens (tertiary/aromatic N) is 5. The van der Waals surface area contributed by atoms with Gasteiger partial charge in [0.1, 0.15) is 0 Å². The first-order valence-corrected chi connectivity index (χ1v) is 16.4. The molecule has 0 saturated heterocycles. The molecule has 7 aromatic carbocycles. The van der Waals surface area contributed by atoms with Crippen molar-refractivity contribution in [2.75, 3.05) is 0 Å². The number of rotatable bonds is 4. The number of hydrogen-bond acceptors (Lipinski definition) is 4. The van der Waals surface area contributed by atoms with Crippen molar-refractivity contribution in [3.63, 3.8) is 0 Å². The highest BCUT2D eigenvalue weighted by atomic mass is 15.0. The van der Waals surface area contributed by atoms with Crippen LogP contribution in [0.1, 0.15) is 0 Å². The second-order valence-corrected chi connectivity index (χ2v) is 12.4. The summed E-state index contributed by atoms with van der Waals surface area (Å²) in [4.78, 5) is 19.8. The highest BCUT2D eigenvalue weighted by Crippen LogP contribution is 2.40. The molecule has 0 aliphatic carbocycles. The first-order chi connectivity index (χ1) is 24.3. The molecule has 10 aromatic rings. The Morgan fingerprint density at radius 3 is 1.57 bits per heavy atom. The molecule has 228 valence electrons. The van der Waals surface area contributed by atoms with Crippen molar-refractivity contribution in [1.82, 2.24) is 24.5 Å². The van der Waals surface area contributed by atoms with Gasteiger partial charge in [-0.25, -0.2) is 15.0 Å². The third kappa shape index (κ3) is 4.48. The first kappa shape index (κ1) is 27.4. The molecule has 5 heteroatoms. The van der Waals surface area contributed by atoms with Gasteiger partial charge in [0.15, 0.2) is 17.5 Å². The quantitative estimate of drug-likeness (QED) is 0.195. The summed E-state index contributed by atoms with van der Waals surface area (Å²) in [5.74, 6) is 1.81. The molecule has 0 bridgehead atoms. The first-order valence-electron chi connectivity index (χ1n) is 16.4. The van der Waals surface area contributed by atoms with E-state index >= 15 is 0 Å². The summed E-state index contributed by atoms with van der Waals surface area (Å²) >= 11 is 0. The van der Waals surface area contributed by atoms with E-state index in [0.29, 0.717) is 17.5 Å². The Hall–Kier alpha value is -6.72. The molecule has 0 fully saturated rings. The summed E-state index contributed by atoms with van der Waals surface area (Å²) in [7, 11) is 0. The van der Waals surface area contributed by atoms with Crippen LogP contribution in [0.4, 0.5) is 0 Å². The van der Waals surface area contributed by atoms with Crippen LogP contribution in [0.2, 0.25) is 0 Å². The Morgan fingerprint density at radius 2 is 0.898 bits per heavy atom. The van der Waals surface area contributed by atoms with Gasteiger partial charge < -0.3 is 4.57 Å². The fraction of sp³-hybridized carbons (Fsp3) is 0. The molecule has 0 radical (unpaired) electrons. The van der Waals surface area contributed by atoms with Crippen molar-refractivity contribution < 1.29 is 0 Å². The Bertz CT molecular complexity index is 2800. The normalized spacial score (nSPS) is 11.7. The minimum atomic E-state index is 0.572. The van der Waals surface area contributed by atoms with Gasteiger partial charge >= 0.3 is 0 Å². The Kier molecular flexibility index (Phi) is 6.11. The van der Waals surface area contributed by atoms with Crippen LogP contribution in [-0.4, -0.2) is 24.5 Å². The van der Waals surface area contributed by atoms with Gasteiger partial charge in [-0.3, -0.25) is 4.98 Å². The minimum Gasteiger partial charge on any atom is -0.308 e. The standard InChI is InChI=1S/C44H27N5/c1-2-13-31(14-3-1)42-46-43(33-19-18-28-10-4-5-15-32(28)24-33)48-44(47-42)34-25-35(27-45-26-34)49-38-22-20-29-11-6-8-16-36(29)40(38)41-37-17-9-7-12-30(37)21-23-39(41)49/h1-27H. The third-order valence-electron chi connectivity index (χ3n) is 9.46. The monoisotopic (exact) mass is 625 g/mol. The van der Waals surface area contributed by atoms with Crippen molar-refractivity contribution >= 4 is 54.1 Å². The summed E-state index contributed by atoms with van der Waals surface area (Å²) in [6.45, 7) is 0. The molecule has 0 unspecified atom stereocenters. The molecule has 0 aliphatic heterocycles. The molecule has 3 aromatic heterocycles. The molecule has 49 heavy (non-hydrogen) atoms. The van der Waals surface area contributed by atoms with Gasteiger partial charge in [-0.2, -0.15) is 0 Å². The molecular formula is C44H27N5. The van der Waals surface area contributed by atoms with E-state index in [2.05, 4.69) is 126 Å². The zero-order valence-corrected chi connectivity index (χ0v) is 26.3. The van der Waals surface area contributed by atoms with E-state index in [1.165, 1.54) is 37.7 Å². The van der Waals surface area contributed by atoms with Crippen LogP contribution >= 0.6 is 0 Å². The second-order valence-electron chi connectivity index (χ2n) is 12.4. The molecule has 5 nitrogen and oxygen atoms in total. The van der Waals surface area contributed by atoms with E-state index in [-0.39, 0.29) is 0 Å². The molecule has 0 saturated carbocycles. The molecule has 0 amide bonds. The van der Waals surface area contributed by atoms with Crippen LogP contribution in [0, 0.1) is 0 Å².